The molecule has 0 unspecified atom stereocenters. The average Bonchev–Trinajstić information content (AvgIpc) is 3.18. The summed E-state index contributed by atoms with van der Waals surface area (Å²) in [7, 11) is 1.61. The number of ether oxygens (including phenoxy) is 1. The first-order valence-electron chi connectivity index (χ1n) is 8.53. The summed E-state index contributed by atoms with van der Waals surface area (Å²) >= 11 is 1.71. The Morgan fingerprint density at radius 2 is 1.96 bits per heavy atom. The predicted octanol–water partition coefficient (Wildman–Crippen LogP) is 3.36. The second kappa shape index (κ2) is 8.65. The predicted molar refractivity (Wildman–Crippen MR) is 106 cm³/mol. The molecule has 1 aromatic heterocycles. The minimum Gasteiger partial charge on any atom is -0.497 e. The smallest absolute Gasteiger partial charge is 0.279 e. The number of hydrogen-bond acceptors (Lipinski definition) is 3. The lowest BCUT2D eigenvalue weighted by molar-refractivity contribution is -0.675. The van der Waals surface area contributed by atoms with Crippen molar-refractivity contribution in [1.29, 1.82) is 0 Å². The molecule has 26 heavy (non-hydrogen) atoms. The molecule has 0 aliphatic heterocycles. The van der Waals surface area contributed by atoms with Crippen molar-refractivity contribution in [1.82, 2.24) is 0 Å². The maximum atomic E-state index is 12.4. The molecule has 0 saturated carbocycles. The highest BCUT2D eigenvalue weighted by Crippen LogP contribution is 2.23. The van der Waals surface area contributed by atoms with Crippen LogP contribution in [0.15, 0.2) is 66.0 Å². The zero-order chi connectivity index (χ0) is 18.4. The van der Waals surface area contributed by atoms with Gasteiger partial charge in [0, 0.05) is 17.3 Å². The molecule has 0 saturated heterocycles. The van der Waals surface area contributed by atoms with Gasteiger partial charge in [-0.1, -0.05) is 42.0 Å². The van der Waals surface area contributed by atoms with Gasteiger partial charge in [-0.2, -0.15) is 0 Å². The fourth-order valence-electron chi connectivity index (χ4n) is 2.80. The number of benzene rings is 2. The summed E-state index contributed by atoms with van der Waals surface area (Å²) < 4.78 is 5.19. The van der Waals surface area contributed by atoms with Crippen molar-refractivity contribution in [3.63, 3.8) is 0 Å². The van der Waals surface area contributed by atoms with Gasteiger partial charge in [-0.15, -0.1) is 11.3 Å². The number of carbonyl (C=O) groups excluding carboxylic acids is 1. The Balaban J connectivity index is 1.67. The molecule has 3 rings (SSSR count). The normalized spacial score (nSPS) is 11.8. The van der Waals surface area contributed by atoms with Gasteiger partial charge in [0.2, 0.25) is 0 Å². The summed E-state index contributed by atoms with van der Waals surface area (Å²) in [5.74, 6) is 0.690. The first-order chi connectivity index (χ1) is 12.7. The largest absolute Gasteiger partial charge is 0.497 e. The topological polar surface area (TPSA) is 54.9 Å². The Morgan fingerprint density at radius 1 is 1.15 bits per heavy atom. The van der Waals surface area contributed by atoms with Crippen LogP contribution in [0.2, 0.25) is 0 Å². The lowest BCUT2D eigenvalue weighted by Crippen LogP contribution is -2.87. The van der Waals surface area contributed by atoms with Gasteiger partial charge in [-0.25, -0.2) is 0 Å². The van der Waals surface area contributed by atoms with Gasteiger partial charge in [0.25, 0.3) is 5.91 Å². The summed E-state index contributed by atoms with van der Waals surface area (Å²) in [6.45, 7) is 2.42. The molecule has 0 spiro atoms. The van der Waals surface area contributed by atoms with Crippen molar-refractivity contribution < 1.29 is 14.8 Å². The molecule has 3 N–H and O–H groups in total. The third kappa shape index (κ3) is 4.71. The number of methoxy groups -OCH3 is 1. The summed E-state index contributed by atoms with van der Waals surface area (Å²) in [5, 5.41) is 7.08. The van der Waals surface area contributed by atoms with E-state index in [1.165, 1.54) is 16.0 Å². The van der Waals surface area contributed by atoms with E-state index in [1.807, 2.05) is 30.3 Å². The van der Waals surface area contributed by atoms with Crippen molar-refractivity contribution in [2.45, 2.75) is 13.0 Å². The molecule has 0 fully saturated rings. The molecule has 4 nitrogen and oxygen atoms in total. The number of aryl methyl sites for hydroxylation is 1. The highest BCUT2D eigenvalue weighted by atomic mass is 32.1. The fourth-order valence-corrected chi connectivity index (χ4v) is 3.65. The van der Waals surface area contributed by atoms with Crippen molar-refractivity contribution in [2.24, 2.45) is 0 Å². The molecule has 134 valence electrons. The van der Waals surface area contributed by atoms with Crippen molar-refractivity contribution >= 4 is 22.9 Å². The lowest BCUT2D eigenvalue weighted by Gasteiger charge is -2.15. The molecule has 0 aliphatic rings. The van der Waals surface area contributed by atoms with Crippen LogP contribution in [0.3, 0.4) is 0 Å². The molecule has 0 aliphatic carbocycles. The van der Waals surface area contributed by atoms with E-state index in [4.69, 9.17) is 4.74 Å². The Hall–Kier alpha value is -2.63. The second-order valence-corrected chi connectivity index (χ2v) is 7.10. The summed E-state index contributed by atoms with van der Waals surface area (Å²) in [5.41, 5.74) is 3.17. The van der Waals surface area contributed by atoms with E-state index in [0.29, 0.717) is 6.54 Å². The van der Waals surface area contributed by atoms with E-state index in [2.05, 4.69) is 53.3 Å². The maximum absolute atomic E-state index is 12.4. The number of hydrogen-bond donors (Lipinski definition) is 2. The van der Waals surface area contributed by atoms with E-state index in [9.17, 15) is 4.79 Å². The Kier molecular flexibility index (Phi) is 6.04. The van der Waals surface area contributed by atoms with Gasteiger partial charge >= 0.3 is 0 Å². The second-order valence-electron chi connectivity index (χ2n) is 6.12. The fraction of sp³-hybridized carbons (Fsp3) is 0.190. The zero-order valence-electron chi connectivity index (χ0n) is 14.9. The van der Waals surface area contributed by atoms with Crippen LogP contribution in [-0.4, -0.2) is 19.6 Å². The Bertz CT molecular complexity index is 845. The number of nitrogens with one attached hydrogen (secondary N) is 1. The third-order valence-corrected chi connectivity index (χ3v) is 5.13. The van der Waals surface area contributed by atoms with Crippen LogP contribution in [-0.2, 0) is 4.79 Å². The van der Waals surface area contributed by atoms with Crippen LogP contribution in [0.4, 0.5) is 5.69 Å². The first-order valence-corrected chi connectivity index (χ1v) is 9.41. The van der Waals surface area contributed by atoms with Crippen LogP contribution in [0.25, 0.3) is 0 Å². The third-order valence-electron chi connectivity index (χ3n) is 4.18. The van der Waals surface area contributed by atoms with Crippen molar-refractivity contribution in [2.75, 3.05) is 19.0 Å². The van der Waals surface area contributed by atoms with E-state index < -0.39 is 0 Å². The van der Waals surface area contributed by atoms with E-state index in [1.54, 1.807) is 18.4 Å². The van der Waals surface area contributed by atoms with Crippen LogP contribution in [0.1, 0.15) is 22.0 Å². The molecule has 0 radical (unpaired) electrons. The van der Waals surface area contributed by atoms with Crippen LogP contribution >= 0.6 is 11.3 Å². The Morgan fingerprint density at radius 3 is 2.65 bits per heavy atom. The molecule has 3 aromatic rings. The van der Waals surface area contributed by atoms with E-state index in [-0.39, 0.29) is 11.9 Å². The summed E-state index contributed by atoms with van der Waals surface area (Å²) in [6.07, 6.45) is 0. The number of quaternary nitrogens is 1. The lowest BCUT2D eigenvalue weighted by atomic mass is 10.0. The van der Waals surface area contributed by atoms with Gasteiger partial charge in [-0.3, -0.25) is 4.79 Å². The first kappa shape index (κ1) is 18.2. The van der Waals surface area contributed by atoms with Gasteiger partial charge < -0.3 is 15.4 Å². The van der Waals surface area contributed by atoms with E-state index in [0.717, 1.165) is 11.4 Å². The number of carbonyl (C=O) groups is 1. The summed E-state index contributed by atoms with van der Waals surface area (Å²) in [4.78, 5) is 13.6. The van der Waals surface area contributed by atoms with Gasteiger partial charge in [0.15, 0.2) is 6.54 Å². The SMILES string of the molecule is COc1cccc(NC(=O)C[NH2+][C@@H](c2ccc(C)cc2)c2cccs2)c1. The zero-order valence-corrected chi connectivity index (χ0v) is 15.8. The number of amides is 1. The average molecular weight is 367 g/mol. The molecular formula is C21H23N2O2S+. The quantitative estimate of drug-likeness (QED) is 0.673. The highest BCUT2D eigenvalue weighted by molar-refractivity contribution is 7.10. The van der Waals surface area contributed by atoms with Gasteiger partial charge in [-0.05, 0) is 30.5 Å². The van der Waals surface area contributed by atoms with Crippen LogP contribution in [0, 0.1) is 6.92 Å². The maximum Gasteiger partial charge on any atom is 0.279 e. The number of thiophene rings is 1. The Labute approximate surface area is 157 Å². The summed E-state index contributed by atoms with van der Waals surface area (Å²) in [6, 6.07) is 20.2. The highest BCUT2D eigenvalue weighted by Gasteiger charge is 2.20. The van der Waals surface area contributed by atoms with Crippen molar-refractivity contribution in [3.8, 4) is 5.75 Å². The molecule has 1 heterocycles. The van der Waals surface area contributed by atoms with E-state index >= 15 is 0 Å². The molecular weight excluding hydrogens is 344 g/mol. The minimum absolute atomic E-state index is 0.0353. The number of rotatable bonds is 7. The molecule has 5 heteroatoms. The molecule has 2 aromatic carbocycles. The number of anilines is 1. The van der Waals surface area contributed by atoms with Crippen LogP contribution in [0.5, 0.6) is 5.75 Å². The van der Waals surface area contributed by atoms with Crippen molar-refractivity contribution in [3.05, 3.63) is 82.0 Å². The van der Waals surface area contributed by atoms with Gasteiger partial charge in [0.1, 0.15) is 11.8 Å². The minimum atomic E-state index is -0.0353. The monoisotopic (exact) mass is 367 g/mol. The molecule has 1 atom stereocenters. The van der Waals surface area contributed by atoms with Crippen LogP contribution < -0.4 is 15.4 Å². The number of nitrogens with two attached hydrogens (primary N) is 1. The molecule has 0 bridgehead atoms. The van der Waals surface area contributed by atoms with Gasteiger partial charge in [0.05, 0.1) is 12.0 Å². The standard InChI is InChI=1S/C21H22N2O2S/c1-15-8-10-16(11-9-15)21(19-7-4-12-26-19)22-14-20(24)23-17-5-3-6-18(13-17)25-2/h3-13,21-22H,14H2,1-2H3,(H,23,24)/p+1/t21-/m0/s1. The molecule has 1 amide bonds.